The zero-order valence-corrected chi connectivity index (χ0v) is 21.5. The van der Waals surface area contributed by atoms with E-state index in [4.69, 9.17) is 14.5 Å². The molecule has 4 aromatic carbocycles. The second kappa shape index (κ2) is 9.03. The van der Waals surface area contributed by atoms with E-state index < -0.39 is 10.0 Å². The third-order valence-electron chi connectivity index (χ3n) is 7.38. The molecule has 7 rings (SSSR count). The van der Waals surface area contributed by atoms with Gasteiger partial charge in [-0.1, -0.05) is 60.7 Å². The average molecular weight is 523 g/mol. The molecule has 0 saturated carbocycles. The van der Waals surface area contributed by atoms with Crippen LogP contribution >= 0.6 is 0 Å². The molecule has 0 unspecified atom stereocenters. The van der Waals surface area contributed by atoms with Crippen LogP contribution in [0.15, 0.2) is 91.0 Å². The molecular formula is C31H26N2O4S. The van der Waals surface area contributed by atoms with Gasteiger partial charge in [0, 0.05) is 17.3 Å². The van der Waals surface area contributed by atoms with Gasteiger partial charge in [0.05, 0.1) is 22.5 Å². The second-order valence-corrected chi connectivity index (χ2v) is 11.9. The summed E-state index contributed by atoms with van der Waals surface area (Å²) in [5, 5.41) is 2.01. The van der Waals surface area contributed by atoms with Crippen molar-refractivity contribution in [1.82, 2.24) is 4.98 Å². The summed E-state index contributed by atoms with van der Waals surface area (Å²) < 4.78 is 39.1. The lowest BCUT2D eigenvalue weighted by Gasteiger charge is -2.26. The first-order valence-electron chi connectivity index (χ1n) is 12.8. The van der Waals surface area contributed by atoms with E-state index in [-0.39, 0.29) is 11.9 Å². The van der Waals surface area contributed by atoms with Gasteiger partial charge in [-0.15, -0.1) is 0 Å². The monoisotopic (exact) mass is 522 g/mol. The topological polar surface area (TPSA) is 68.7 Å². The first-order chi connectivity index (χ1) is 18.5. The average Bonchev–Trinajstić information content (AvgIpc) is 3.31. The normalized spacial score (nSPS) is 18.2. The standard InChI is InChI=1S/C31H26N2O4S/c34-38(35)17-5-16-33(38)27-15-14-23(25-19-24-6-1-2-7-26(24)32-31(25)27)18-21-10-12-22(13-11-21)30-20-36-28-8-3-4-9-29(28)37-30/h1-4,6-15,19,30H,5,16-18,20H2/t30-/m1/s1. The lowest BCUT2D eigenvalue weighted by Crippen LogP contribution is -2.25. The maximum Gasteiger partial charge on any atom is 0.235 e. The minimum Gasteiger partial charge on any atom is -0.485 e. The van der Waals surface area contributed by atoms with Crippen molar-refractivity contribution in [3.8, 4) is 11.5 Å². The molecule has 1 saturated heterocycles. The molecule has 7 heteroatoms. The van der Waals surface area contributed by atoms with Crippen LogP contribution in [0.2, 0.25) is 0 Å². The summed E-state index contributed by atoms with van der Waals surface area (Å²) in [5.74, 6) is 1.72. The number of para-hydroxylation sites is 3. The van der Waals surface area contributed by atoms with E-state index >= 15 is 0 Å². The number of anilines is 1. The van der Waals surface area contributed by atoms with Gasteiger partial charge in [-0.3, -0.25) is 4.31 Å². The fraction of sp³-hybridized carbons (Fsp3) is 0.194. The molecule has 1 atom stereocenters. The summed E-state index contributed by atoms with van der Waals surface area (Å²) in [6, 6.07) is 30.2. The van der Waals surface area contributed by atoms with Crippen molar-refractivity contribution in [2.45, 2.75) is 18.9 Å². The molecule has 2 aliphatic rings. The highest BCUT2D eigenvalue weighted by atomic mass is 32.2. The van der Waals surface area contributed by atoms with Gasteiger partial charge in [-0.25, -0.2) is 13.4 Å². The van der Waals surface area contributed by atoms with Crippen LogP contribution in [0.25, 0.3) is 21.8 Å². The number of fused-ring (bicyclic) bond motifs is 3. The van der Waals surface area contributed by atoms with Crippen molar-refractivity contribution < 1.29 is 17.9 Å². The number of nitrogens with zero attached hydrogens (tertiary/aromatic N) is 2. The van der Waals surface area contributed by atoms with Gasteiger partial charge in [-0.2, -0.15) is 0 Å². The predicted octanol–water partition coefficient (Wildman–Crippen LogP) is 6.03. The van der Waals surface area contributed by atoms with Gasteiger partial charge in [0.1, 0.15) is 6.61 Å². The van der Waals surface area contributed by atoms with Crippen molar-refractivity contribution in [1.29, 1.82) is 0 Å². The molecule has 2 aliphatic heterocycles. The number of rotatable bonds is 4. The number of benzene rings is 4. The Bertz CT molecular complexity index is 1780. The zero-order chi connectivity index (χ0) is 25.7. The van der Waals surface area contributed by atoms with Gasteiger partial charge >= 0.3 is 0 Å². The summed E-state index contributed by atoms with van der Waals surface area (Å²) in [4.78, 5) is 4.95. The van der Waals surface area contributed by atoms with Crippen LogP contribution < -0.4 is 13.8 Å². The molecule has 0 radical (unpaired) electrons. The number of hydrogen-bond donors (Lipinski definition) is 0. The number of sulfonamides is 1. The summed E-state index contributed by atoms with van der Waals surface area (Å²) in [7, 11) is -3.32. The fourth-order valence-electron chi connectivity index (χ4n) is 5.42. The highest BCUT2D eigenvalue weighted by Gasteiger charge is 2.30. The quantitative estimate of drug-likeness (QED) is 0.270. The lowest BCUT2D eigenvalue weighted by atomic mass is 9.97. The van der Waals surface area contributed by atoms with Crippen LogP contribution in [0.3, 0.4) is 0 Å². The molecule has 0 aliphatic carbocycles. The summed E-state index contributed by atoms with van der Waals surface area (Å²) >= 11 is 0. The highest BCUT2D eigenvalue weighted by molar-refractivity contribution is 7.93. The van der Waals surface area contributed by atoms with E-state index in [1.54, 1.807) is 0 Å². The maximum atomic E-state index is 12.8. The Morgan fingerprint density at radius 1 is 0.895 bits per heavy atom. The Morgan fingerprint density at radius 3 is 2.50 bits per heavy atom. The Kier molecular flexibility index (Phi) is 5.48. The Labute approximate surface area is 221 Å². The number of hydrogen-bond acceptors (Lipinski definition) is 5. The third-order valence-corrected chi connectivity index (χ3v) is 9.23. The van der Waals surface area contributed by atoms with Crippen molar-refractivity contribution >= 4 is 37.5 Å². The third kappa shape index (κ3) is 4.03. The first-order valence-corrected chi connectivity index (χ1v) is 14.5. The van der Waals surface area contributed by atoms with Crippen LogP contribution in [0, 0.1) is 0 Å². The van der Waals surface area contributed by atoms with E-state index in [0.29, 0.717) is 31.7 Å². The van der Waals surface area contributed by atoms with Crippen molar-refractivity contribution in [2.75, 3.05) is 23.2 Å². The van der Waals surface area contributed by atoms with E-state index in [2.05, 4.69) is 30.3 Å². The van der Waals surface area contributed by atoms with Crippen LogP contribution in [0.5, 0.6) is 11.5 Å². The Hall–Kier alpha value is -4.10. The molecule has 1 aromatic heterocycles. The molecule has 0 N–H and O–H groups in total. The molecule has 5 aromatic rings. The van der Waals surface area contributed by atoms with Gasteiger partial charge in [-0.05, 0) is 59.9 Å². The molecular weight excluding hydrogens is 496 g/mol. The molecule has 6 nitrogen and oxygen atoms in total. The molecule has 3 heterocycles. The smallest absolute Gasteiger partial charge is 0.235 e. The van der Waals surface area contributed by atoms with Crippen LogP contribution in [-0.2, 0) is 16.4 Å². The molecule has 38 heavy (non-hydrogen) atoms. The summed E-state index contributed by atoms with van der Waals surface area (Å²) in [6.45, 7) is 0.963. The largest absolute Gasteiger partial charge is 0.485 e. The van der Waals surface area contributed by atoms with Crippen molar-refractivity contribution in [3.63, 3.8) is 0 Å². The molecule has 0 amide bonds. The Morgan fingerprint density at radius 2 is 1.68 bits per heavy atom. The fourth-order valence-corrected chi connectivity index (χ4v) is 6.99. The first kappa shape index (κ1) is 23.0. The van der Waals surface area contributed by atoms with Crippen LogP contribution in [0.4, 0.5) is 5.69 Å². The lowest BCUT2D eigenvalue weighted by molar-refractivity contribution is 0.0913. The minimum absolute atomic E-state index is 0.156. The maximum absolute atomic E-state index is 12.8. The molecule has 0 spiro atoms. The van der Waals surface area contributed by atoms with Gasteiger partial charge in [0.25, 0.3) is 0 Å². The minimum atomic E-state index is -3.32. The van der Waals surface area contributed by atoms with Crippen molar-refractivity contribution in [2.24, 2.45) is 0 Å². The highest BCUT2D eigenvalue weighted by Crippen LogP contribution is 2.37. The van der Waals surface area contributed by atoms with Gasteiger partial charge < -0.3 is 9.47 Å². The van der Waals surface area contributed by atoms with E-state index in [0.717, 1.165) is 50.0 Å². The summed E-state index contributed by atoms with van der Waals surface area (Å²) in [6.07, 6.45) is 1.18. The molecule has 190 valence electrons. The zero-order valence-electron chi connectivity index (χ0n) is 20.7. The molecule has 1 fully saturated rings. The van der Waals surface area contributed by atoms with Crippen molar-refractivity contribution in [3.05, 3.63) is 108 Å². The SMILES string of the molecule is O=S1(=O)CCCN1c1ccc(Cc2ccc([C@H]3COc4ccccc4O3)cc2)c2cc3ccccc3nc12. The predicted molar refractivity (Wildman–Crippen MR) is 150 cm³/mol. The van der Waals surface area contributed by atoms with E-state index in [1.165, 1.54) is 4.31 Å². The Balaban J connectivity index is 1.23. The number of pyridine rings is 1. The molecule has 0 bridgehead atoms. The van der Waals surface area contributed by atoms with E-state index in [9.17, 15) is 8.42 Å². The van der Waals surface area contributed by atoms with Crippen LogP contribution in [-0.4, -0.2) is 32.3 Å². The van der Waals surface area contributed by atoms with Gasteiger partial charge in [0.2, 0.25) is 10.0 Å². The van der Waals surface area contributed by atoms with Gasteiger partial charge in [0.15, 0.2) is 17.6 Å². The number of ether oxygens (including phenoxy) is 2. The number of aromatic nitrogens is 1. The van der Waals surface area contributed by atoms with E-state index in [1.807, 2.05) is 60.7 Å². The van der Waals surface area contributed by atoms with Crippen LogP contribution in [0.1, 0.15) is 29.2 Å². The second-order valence-electron chi connectivity index (χ2n) is 9.85. The summed E-state index contributed by atoms with van der Waals surface area (Å²) in [5.41, 5.74) is 5.58.